The number of nitrogens with zero attached hydrogens (tertiary/aromatic N) is 2. The Morgan fingerprint density at radius 3 is 2.81 bits per heavy atom. The van der Waals surface area contributed by atoms with Gasteiger partial charge in [0.2, 0.25) is 0 Å². The number of benzene rings is 2. The topological polar surface area (TPSA) is 44.8 Å². The van der Waals surface area contributed by atoms with Crippen molar-refractivity contribution in [1.82, 2.24) is 15.3 Å². The Kier molecular flexibility index (Phi) is 4.39. The lowest BCUT2D eigenvalue weighted by molar-refractivity contribution is -0.134. The third-order valence-corrected chi connectivity index (χ3v) is 5.01. The fraction of sp³-hybridized carbons (Fsp3) is 0.286. The zero-order valence-corrected chi connectivity index (χ0v) is 15.1. The van der Waals surface area contributed by atoms with E-state index >= 15 is 0 Å². The van der Waals surface area contributed by atoms with Crippen LogP contribution in [0.25, 0.3) is 0 Å². The normalized spacial score (nSPS) is 21.8. The molecular weight excluding hydrogens is 326 g/mol. The van der Waals surface area contributed by atoms with Crippen molar-refractivity contribution in [3.8, 4) is 5.75 Å². The lowest BCUT2D eigenvalue weighted by atomic mass is 10.0. The molecule has 2 heterocycles. The number of hydrogen-bond donors (Lipinski definition) is 1. The van der Waals surface area contributed by atoms with Gasteiger partial charge in [-0.3, -0.25) is 4.79 Å². The highest BCUT2D eigenvalue weighted by molar-refractivity contribution is 5.84. The maximum atomic E-state index is 13.0. The highest BCUT2D eigenvalue weighted by Gasteiger charge is 2.39. The summed E-state index contributed by atoms with van der Waals surface area (Å²) in [4.78, 5) is 14.8. The van der Waals surface area contributed by atoms with Crippen LogP contribution in [-0.2, 0) is 11.3 Å². The van der Waals surface area contributed by atoms with Crippen LogP contribution < -0.4 is 10.2 Å². The summed E-state index contributed by atoms with van der Waals surface area (Å²) >= 11 is 0. The van der Waals surface area contributed by atoms with Gasteiger partial charge < -0.3 is 14.6 Å². The van der Waals surface area contributed by atoms with Crippen LogP contribution in [0.4, 0.5) is 0 Å². The van der Waals surface area contributed by atoms with Crippen LogP contribution in [0.1, 0.15) is 29.2 Å². The number of carbonyl (C=O) groups excluding carboxylic acids is 1. The monoisotopic (exact) mass is 349 g/mol. The van der Waals surface area contributed by atoms with E-state index in [-0.39, 0.29) is 18.0 Å². The Hall–Kier alpha value is -2.79. The zero-order valence-electron chi connectivity index (χ0n) is 15.1. The second-order valence-electron chi connectivity index (χ2n) is 6.87. The molecule has 1 fully saturated rings. The molecule has 2 aliphatic heterocycles. The van der Waals surface area contributed by atoms with E-state index in [0.717, 1.165) is 23.3 Å². The Morgan fingerprint density at radius 1 is 1.15 bits per heavy atom. The molecule has 0 bridgehead atoms. The number of amides is 1. The first kappa shape index (κ1) is 16.7. The first-order valence-corrected chi connectivity index (χ1v) is 8.87. The summed E-state index contributed by atoms with van der Waals surface area (Å²) in [6.07, 6.45) is 4.56. The van der Waals surface area contributed by atoms with Crippen LogP contribution in [0.3, 0.4) is 0 Å². The van der Waals surface area contributed by atoms with Gasteiger partial charge in [-0.15, -0.1) is 0 Å². The van der Waals surface area contributed by atoms with Crippen molar-refractivity contribution in [1.29, 1.82) is 0 Å². The summed E-state index contributed by atoms with van der Waals surface area (Å²) in [5.74, 6) is 0.962. The van der Waals surface area contributed by atoms with Crippen molar-refractivity contribution in [2.75, 3.05) is 7.11 Å². The van der Waals surface area contributed by atoms with Crippen molar-refractivity contribution >= 4 is 5.91 Å². The molecular formula is C21H23N3O2. The van der Waals surface area contributed by atoms with E-state index in [1.807, 2.05) is 46.6 Å². The highest BCUT2D eigenvalue weighted by atomic mass is 16.5. The molecule has 0 spiro atoms. The number of aryl methyl sites for hydroxylation is 1. The van der Waals surface area contributed by atoms with Gasteiger partial charge in [0, 0.05) is 12.4 Å². The number of methoxy groups -OCH3 is 1. The van der Waals surface area contributed by atoms with Gasteiger partial charge in [0.1, 0.15) is 11.8 Å². The number of ether oxygens (including phenoxy) is 1. The minimum absolute atomic E-state index is 0.0996. The van der Waals surface area contributed by atoms with E-state index in [4.69, 9.17) is 4.74 Å². The average Bonchev–Trinajstić information content (AvgIpc) is 3.09. The number of hydrazine groups is 1. The molecule has 1 amide bonds. The molecule has 0 saturated carbocycles. The summed E-state index contributed by atoms with van der Waals surface area (Å²) in [6, 6.07) is 16.2. The summed E-state index contributed by atoms with van der Waals surface area (Å²) in [7, 11) is 1.67. The summed E-state index contributed by atoms with van der Waals surface area (Å²) < 4.78 is 5.32. The summed E-state index contributed by atoms with van der Waals surface area (Å²) in [6.45, 7) is 2.67. The first-order valence-electron chi connectivity index (χ1n) is 8.87. The Balaban J connectivity index is 1.49. The van der Waals surface area contributed by atoms with Crippen molar-refractivity contribution < 1.29 is 9.53 Å². The SMILES string of the molecule is COc1cccc(C2CC3C(=O)N(Cc4cccc(C)c4)C=CN3N2)c1. The fourth-order valence-corrected chi connectivity index (χ4v) is 3.65. The predicted molar refractivity (Wildman–Crippen MR) is 100.0 cm³/mol. The van der Waals surface area contributed by atoms with Gasteiger partial charge in [-0.05, 0) is 36.6 Å². The second kappa shape index (κ2) is 6.84. The molecule has 26 heavy (non-hydrogen) atoms. The van der Waals surface area contributed by atoms with Gasteiger partial charge in [-0.1, -0.05) is 42.0 Å². The van der Waals surface area contributed by atoms with Gasteiger partial charge in [-0.2, -0.15) is 0 Å². The molecule has 2 aliphatic rings. The van der Waals surface area contributed by atoms with Gasteiger partial charge in [0.15, 0.2) is 0 Å². The molecule has 4 rings (SSSR count). The maximum absolute atomic E-state index is 13.0. The van der Waals surface area contributed by atoms with Gasteiger partial charge in [0.05, 0.1) is 19.7 Å². The predicted octanol–water partition coefficient (Wildman–Crippen LogP) is 3.14. The number of rotatable bonds is 4. The lowest BCUT2D eigenvalue weighted by Gasteiger charge is -2.31. The molecule has 134 valence electrons. The molecule has 0 aromatic heterocycles. The van der Waals surface area contributed by atoms with Crippen LogP contribution in [0, 0.1) is 6.92 Å². The van der Waals surface area contributed by atoms with Crippen LogP contribution in [0.5, 0.6) is 5.75 Å². The van der Waals surface area contributed by atoms with Crippen molar-refractivity contribution in [3.63, 3.8) is 0 Å². The molecule has 1 N–H and O–H groups in total. The van der Waals surface area contributed by atoms with Crippen molar-refractivity contribution in [2.24, 2.45) is 0 Å². The maximum Gasteiger partial charge on any atom is 0.251 e. The molecule has 5 heteroatoms. The standard InChI is InChI=1S/C21H23N3O2/c1-15-5-3-6-16(11-15)14-23-9-10-24-20(21(23)25)13-19(22-24)17-7-4-8-18(12-17)26-2/h3-12,19-20,22H,13-14H2,1-2H3. The van der Waals surface area contributed by atoms with Gasteiger partial charge in [0.25, 0.3) is 5.91 Å². The summed E-state index contributed by atoms with van der Waals surface area (Å²) in [5.41, 5.74) is 6.91. The first-order chi connectivity index (χ1) is 12.6. The quantitative estimate of drug-likeness (QED) is 0.921. The molecule has 2 unspecified atom stereocenters. The van der Waals surface area contributed by atoms with E-state index in [2.05, 4.69) is 36.6 Å². The van der Waals surface area contributed by atoms with E-state index in [1.165, 1.54) is 5.56 Å². The van der Waals surface area contributed by atoms with Crippen LogP contribution in [0.2, 0.25) is 0 Å². The Labute approximate surface area is 153 Å². The molecule has 0 aliphatic carbocycles. The Morgan fingerprint density at radius 2 is 2.00 bits per heavy atom. The zero-order chi connectivity index (χ0) is 18.1. The molecule has 2 aromatic rings. The van der Waals surface area contributed by atoms with E-state index in [1.54, 1.807) is 7.11 Å². The van der Waals surface area contributed by atoms with E-state index in [9.17, 15) is 4.79 Å². The second-order valence-corrected chi connectivity index (χ2v) is 6.87. The van der Waals surface area contributed by atoms with Crippen molar-refractivity contribution in [2.45, 2.75) is 32.0 Å². The van der Waals surface area contributed by atoms with Gasteiger partial charge >= 0.3 is 0 Å². The minimum atomic E-state index is -0.180. The number of carbonyl (C=O) groups is 1. The van der Waals surface area contributed by atoms with E-state index < -0.39 is 0 Å². The largest absolute Gasteiger partial charge is 0.497 e. The van der Waals surface area contributed by atoms with Crippen LogP contribution in [-0.4, -0.2) is 29.0 Å². The molecule has 1 saturated heterocycles. The minimum Gasteiger partial charge on any atom is -0.497 e. The van der Waals surface area contributed by atoms with Gasteiger partial charge in [-0.25, -0.2) is 5.43 Å². The molecule has 2 atom stereocenters. The average molecular weight is 349 g/mol. The number of nitrogens with one attached hydrogen (secondary N) is 1. The lowest BCUT2D eigenvalue weighted by Crippen LogP contribution is -2.47. The molecule has 2 aromatic carbocycles. The molecule has 5 nitrogen and oxygen atoms in total. The number of hydrogen-bond acceptors (Lipinski definition) is 4. The third-order valence-electron chi connectivity index (χ3n) is 5.01. The highest BCUT2D eigenvalue weighted by Crippen LogP contribution is 2.32. The third kappa shape index (κ3) is 3.18. The van der Waals surface area contributed by atoms with E-state index in [0.29, 0.717) is 6.54 Å². The number of fused-ring (bicyclic) bond motifs is 1. The Bertz CT molecular complexity index is 849. The molecule has 0 radical (unpaired) electrons. The summed E-state index contributed by atoms with van der Waals surface area (Å²) in [5, 5.41) is 1.93. The smallest absolute Gasteiger partial charge is 0.251 e. The fourth-order valence-electron chi connectivity index (χ4n) is 3.65. The van der Waals surface area contributed by atoms with Crippen molar-refractivity contribution in [3.05, 3.63) is 77.6 Å². The van der Waals surface area contributed by atoms with Crippen LogP contribution >= 0.6 is 0 Å². The van der Waals surface area contributed by atoms with Crippen LogP contribution in [0.15, 0.2) is 60.9 Å².